The monoisotopic (exact) mass is 338 g/mol. The number of rotatable bonds is 4. The molecule has 1 aromatic heterocycles. The number of fused-ring (bicyclic) bond motifs is 1. The van der Waals surface area contributed by atoms with Crippen LogP contribution in [0.2, 0.25) is 0 Å². The second-order valence-electron chi connectivity index (χ2n) is 6.90. The van der Waals surface area contributed by atoms with E-state index in [-0.39, 0.29) is 18.4 Å². The summed E-state index contributed by atoms with van der Waals surface area (Å²) in [5.41, 5.74) is 0.479. The van der Waals surface area contributed by atoms with E-state index in [1.54, 1.807) is 6.07 Å². The van der Waals surface area contributed by atoms with E-state index < -0.39 is 5.54 Å². The van der Waals surface area contributed by atoms with Crippen LogP contribution >= 0.6 is 0 Å². The fraction of sp³-hybridized carbons (Fsp3) is 0.421. The van der Waals surface area contributed by atoms with Crippen LogP contribution in [0.25, 0.3) is 10.9 Å². The van der Waals surface area contributed by atoms with Crippen LogP contribution in [0.3, 0.4) is 0 Å². The maximum Gasteiger partial charge on any atom is 0.268 e. The first-order valence-electron chi connectivity index (χ1n) is 8.59. The molecule has 0 radical (unpaired) electrons. The summed E-state index contributed by atoms with van der Waals surface area (Å²) in [5.74, 6) is -0.260. The molecule has 1 saturated carbocycles. The molecular formula is C19H22N4O2. The summed E-state index contributed by atoms with van der Waals surface area (Å²) < 4.78 is 0. The molecule has 0 saturated heterocycles. The molecule has 1 aliphatic carbocycles. The lowest BCUT2D eigenvalue weighted by atomic mass is 9.77. The second kappa shape index (κ2) is 6.98. The van der Waals surface area contributed by atoms with Crippen molar-refractivity contribution in [1.82, 2.24) is 15.6 Å². The maximum absolute atomic E-state index is 12.2. The standard InChI is InChI=1S/C19H22N4O2/c1-13-5-4-8-19(10-13,12-20)23-17(24)11-21-18(25)16-9-14-6-2-3-7-15(14)22-16/h2-3,6-7,9,13,22H,4-5,8,10-11H2,1H3,(H,21,25)(H,23,24)/t13-,19-/m1/s1. The van der Waals surface area contributed by atoms with Gasteiger partial charge in [0, 0.05) is 10.9 Å². The van der Waals surface area contributed by atoms with Crippen molar-refractivity contribution >= 4 is 22.7 Å². The number of nitrogens with one attached hydrogen (secondary N) is 3. The van der Waals surface area contributed by atoms with Crippen molar-refractivity contribution in [3.05, 3.63) is 36.0 Å². The predicted octanol–water partition coefficient (Wildman–Crippen LogP) is 2.49. The van der Waals surface area contributed by atoms with E-state index >= 15 is 0 Å². The molecule has 1 aromatic carbocycles. The zero-order chi connectivity index (χ0) is 17.9. The quantitative estimate of drug-likeness (QED) is 0.799. The average molecular weight is 338 g/mol. The Morgan fingerprint density at radius 2 is 2.20 bits per heavy atom. The molecule has 6 nitrogen and oxygen atoms in total. The molecule has 3 rings (SSSR count). The number of hydrogen-bond donors (Lipinski definition) is 3. The van der Waals surface area contributed by atoms with E-state index in [1.807, 2.05) is 24.3 Å². The van der Waals surface area contributed by atoms with E-state index in [2.05, 4.69) is 28.6 Å². The molecule has 0 aliphatic heterocycles. The first-order valence-corrected chi connectivity index (χ1v) is 8.59. The van der Waals surface area contributed by atoms with Crippen molar-refractivity contribution in [1.29, 1.82) is 5.26 Å². The lowest BCUT2D eigenvalue weighted by Crippen LogP contribution is -2.52. The first kappa shape index (κ1) is 17.0. The van der Waals surface area contributed by atoms with Crippen LogP contribution in [-0.4, -0.2) is 28.9 Å². The van der Waals surface area contributed by atoms with Gasteiger partial charge in [0.05, 0.1) is 12.6 Å². The third-order valence-corrected chi connectivity index (χ3v) is 4.77. The van der Waals surface area contributed by atoms with Crippen molar-refractivity contribution < 1.29 is 9.59 Å². The van der Waals surface area contributed by atoms with Crippen molar-refractivity contribution in [2.24, 2.45) is 5.92 Å². The number of aromatic amines is 1. The number of para-hydroxylation sites is 1. The molecule has 1 aliphatic rings. The maximum atomic E-state index is 12.2. The summed E-state index contributed by atoms with van der Waals surface area (Å²) in [4.78, 5) is 27.5. The van der Waals surface area contributed by atoms with Crippen LogP contribution in [0.5, 0.6) is 0 Å². The van der Waals surface area contributed by atoms with Crippen LogP contribution in [0.1, 0.15) is 43.1 Å². The second-order valence-corrected chi connectivity index (χ2v) is 6.90. The van der Waals surface area contributed by atoms with E-state index in [4.69, 9.17) is 0 Å². The SMILES string of the molecule is C[C@@H]1CCC[C@@](C#N)(NC(=O)CNC(=O)c2cc3ccccc3[nH]2)C1. The summed E-state index contributed by atoms with van der Waals surface area (Å²) in [6, 6.07) is 11.6. The number of hydrogen-bond acceptors (Lipinski definition) is 3. The van der Waals surface area contributed by atoms with Crippen LogP contribution in [0, 0.1) is 17.2 Å². The molecule has 130 valence electrons. The van der Waals surface area contributed by atoms with Crippen molar-refractivity contribution in [3.8, 4) is 6.07 Å². The van der Waals surface area contributed by atoms with Gasteiger partial charge in [0.25, 0.3) is 5.91 Å². The van der Waals surface area contributed by atoms with Gasteiger partial charge in [-0.1, -0.05) is 31.5 Å². The van der Waals surface area contributed by atoms with Gasteiger partial charge in [-0.3, -0.25) is 9.59 Å². The smallest absolute Gasteiger partial charge is 0.268 e. The number of nitrogens with zero attached hydrogens (tertiary/aromatic N) is 1. The Morgan fingerprint density at radius 1 is 1.40 bits per heavy atom. The van der Waals surface area contributed by atoms with Crippen LogP contribution in [0.15, 0.2) is 30.3 Å². The molecule has 2 atom stereocenters. The summed E-state index contributed by atoms with van der Waals surface area (Å²) >= 11 is 0. The third kappa shape index (κ3) is 3.82. The number of carbonyl (C=O) groups excluding carboxylic acids is 2. The van der Waals surface area contributed by atoms with Crippen molar-refractivity contribution in [2.75, 3.05) is 6.54 Å². The van der Waals surface area contributed by atoms with Gasteiger partial charge in [-0.15, -0.1) is 0 Å². The Hall–Kier alpha value is -2.81. The van der Waals surface area contributed by atoms with E-state index in [0.717, 1.165) is 23.7 Å². The highest BCUT2D eigenvalue weighted by Crippen LogP contribution is 2.31. The number of carbonyl (C=O) groups is 2. The number of aromatic nitrogens is 1. The number of benzene rings is 1. The van der Waals surface area contributed by atoms with Gasteiger partial charge in [-0.2, -0.15) is 5.26 Å². The van der Waals surface area contributed by atoms with Gasteiger partial charge in [-0.05, 0) is 37.3 Å². The molecule has 6 heteroatoms. The molecule has 0 spiro atoms. The first-order chi connectivity index (χ1) is 12.0. The lowest BCUT2D eigenvalue weighted by Gasteiger charge is -2.35. The molecule has 0 unspecified atom stereocenters. The fourth-order valence-electron chi connectivity index (χ4n) is 3.56. The summed E-state index contributed by atoms with van der Waals surface area (Å²) in [5, 5.41) is 15.9. The van der Waals surface area contributed by atoms with Crippen LogP contribution in [-0.2, 0) is 4.79 Å². The van der Waals surface area contributed by atoms with Crippen LogP contribution in [0.4, 0.5) is 0 Å². The number of nitriles is 1. The fourth-order valence-corrected chi connectivity index (χ4v) is 3.56. The molecule has 0 bridgehead atoms. The molecule has 25 heavy (non-hydrogen) atoms. The normalized spacial score (nSPS) is 23.0. The Kier molecular flexibility index (Phi) is 4.75. The topological polar surface area (TPSA) is 97.8 Å². The van der Waals surface area contributed by atoms with Gasteiger partial charge >= 0.3 is 0 Å². The van der Waals surface area contributed by atoms with Gasteiger partial charge in [0.15, 0.2) is 0 Å². The highest BCUT2D eigenvalue weighted by molar-refractivity contribution is 5.99. The number of amides is 2. The molecular weight excluding hydrogens is 316 g/mol. The summed E-state index contributed by atoms with van der Waals surface area (Å²) in [6.45, 7) is 1.95. The minimum atomic E-state index is -0.805. The summed E-state index contributed by atoms with van der Waals surface area (Å²) in [6.07, 6.45) is 3.33. The van der Waals surface area contributed by atoms with Gasteiger partial charge in [0.2, 0.25) is 5.91 Å². The molecule has 2 aromatic rings. The van der Waals surface area contributed by atoms with E-state index in [0.29, 0.717) is 24.5 Å². The van der Waals surface area contributed by atoms with Gasteiger partial charge < -0.3 is 15.6 Å². The Morgan fingerprint density at radius 3 is 2.92 bits per heavy atom. The zero-order valence-corrected chi connectivity index (χ0v) is 14.3. The van der Waals surface area contributed by atoms with E-state index in [1.165, 1.54) is 0 Å². The highest BCUT2D eigenvalue weighted by Gasteiger charge is 2.36. The van der Waals surface area contributed by atoms with Crippen LogP contribution < -0.4 is 10.6 Å². The highest BCUT2D eigenvalue weighted by atomic mass is 16.2. The predicted molar refractivity (Wildman–Crippen MR) is 94.8 cm³/mol. The van der Waals surface area contributed by atoms with Crippen molar-refractivity contribution in [3.63, 3.8) is 0 Å². The minimum Gasteiger partial charge on any atom is -0.351 e. The zero-order valence-electron chi connectivity index (χ0n) is 14.3. The van der Waals surface area contributed by atoms with E-state index in [9.17, 15) is 14.9 Å². The average Bonchev–Trinajstić information content (AvgIpc) is 3.04. The Labute approximate surface area is 146 Å². The van der Waals surface area contributed by atoms with Gasteiger partial charge in [-0.25, -0.2) is 0 Å². The molecule has 3 N–H and O–H groups in total. The minimum absolute atomic E-state index is 0.147. The largest absolute Gasteiger partial charge is 0.351 e. The summed E-state index contributed by atoms with van der Waals surface area (Å²) in [7, 11) is 0. The Bertz CT molecular complexity index is 802. The molecule has 1 fully saturated rings. The number of H-pyrrole nitrogens is 1. The molecule has 1 heterocycles. The van der Waals surface area contributed by atoms with Gasteiger partial charge in [0.1, 0.15) is 11.2 Å². The Balaban J connectivity index is 1.58. The van der Waals surface area contributed by atoms with Crippen molar-refractivity contribution in [2.45, 2.75) is 38.1 Å². The molecule has 2 amide bonds. The lowest BCUT2D eigenvalue weighted by molar-refractivity contribution is -0.121. The third-order valence-electron chi connectivity index (χ3n) is 4.77.